The van der Waals surface area contributed by atoms with Crippen LogP contribution in [0, 0.1) is 5.92 Å². The monoisotopic (exact) mass is 184 g/mol. The van der Waals surface area contributed by atoms with Gasteiger partial charge in [-0.05, 0) is 39.3 Å². The second-order valence-corrected chi connectivity index (χ2v) is 4.99. The fourth-order valence-corrected chi connectivity index (χ4v) is 2.09. The van der Waals surface area contributed by atoms with E-state index in [1.54, 1.807) is 0 Å². The van der Waals surface area contributed by atoms with Crippen LogP contribution in [0.5, 0.6) is 0 Å². The molecule has 0 saturated carbocycles. The van der Waals surface area contributed by atoms with Gasteiger partial charge in [0, 0.05) is 18.6 Å². The Bertz CT molecular complexity index is 154. The van der Waals surface area contributed by atoms with Crippen molar-refractivity contribution in [2.24, 2.45) is 5.92 Å². The fraction of sp³-hybridized carbons (Fsp3) is 1.00. The Morgan fingerprint density at radius 3 is 2.77 bits per heavy atom. The van der Waals surface area contributed by atoms with Crippen LogP contribution in [0.3, 0.4) is 0 Å². The first kappa shape index (κ1) is 11.0. The van der Waals surface area contributed by atoms with E-state index in [1.165, 1.54) is 26.1 Å². The molecule has 1 heterocycles. The quantitative estimate of drug-likeness (QED) is 0.703. The van der Waals surface area contributed by atoms with E-state index >= 15 is 0 Å². The smallest absolute Gasteiger partial charge is 0.0277 e. The molecule has 0 aromatic rings. The van der Waals surface area contributed by atoms with E-state index in [9.17, 15) is 0 Å². The first-order chi connectivity index (χ1) is 6.06. The van der Waals surface area contributed by atoms with Crippen LogP contribution >= 0.6 is 0 Å². The van der Waals surface area contributed by atoms with Crippen LogP contribution < -0.4 is 5.32 Å². The summed E-state index contributed by atoms with van der Waals surface area (Å²) in [6, 6.07) is 0. The topological polar surface area (TPSA) is 15.3 Å². The number of rotatable bonds is 2. The zero-order valence-electron chi connectivity index (χ0n) is 9.56. The van der Waals surface area contributed by atoms with Crippen molar-refractivity contribution in [2.45, 2.75) is 39.7 Å². The minimum Gasteiger partial charge on any atom is -0.315 e. The Morgan fingerprint density at radius 2 is 2.15 bits per heavy atom. The molecule has 13 heavy (non-hydrogen) atoms. The van der Waals surface area contributed by atoms with Crippen molar-refractivity contribution in [1.29, 1.82) is 0 Å². The minimum atomic E-state index is 0.334. The molecule has 0 aromatic carbocycles. The van der Waals surface area contributed by atoms with E-state index in [2.05, 4.69) is 37.9 Å². The predicted octanol–water partition coefficient (Wildman–Crippen LogP) is 1.72. The van der Waals surface area contributed by atoms with E-state index in [0.717, 1.165) is 12.5 Å². The molecule has 1 rings (SSSR count). The van der Waals surface area contributed by atoms with Crippen molar-refractivity contribution in [1.82, 2.24) is 10.2 Å². The Hall–Kier alpha value is -0.0800. The normalized spacial score (nSPS) is 30.0. The third-order valence-corrected chi connectivity index (χ3v) is 2.93. The molecule has 1 saturated heterocycles. The summed E-state index contributed by atoms with van der Waals surface area (Å²) >= 11 is 0. The summed E-state index contributed by atoms with van der Waals surface area (Å²) in [6.45, 7) is 14.0. The lowest BCUT2D eigenvalue weighted by Gasteiger charge is -2.37. The molecule has 1 aliphatic rings. The van der Waals surface area contributed by atoms with Gasteiger partial charge < -0.3 is 5.32 Å². The van der Waals surface area contributed by atoms with Gasteiger partial charge in [-0.2, -0.15) is 0 Å². The van der Waals surface area contributed by atoms with E-state index in [-0.39, 0.29) is 0 Å². The van der Waals surface area contributed by atoms with Gasteiger partial charge in [-0.15, -0.1) is 0 Å². The van der Waals surface area contributed by atoms with Crippen molar-refractivity contribution in [2.75, 3.05) is 26.2 Å². The van der Waals surface area contributed by atoms with E-state index in [4.69, 9.17) is 0 Å². The zero-order valence-corrected chi connectivity index (χ0v) is 9.56. The first-order valence-electron chi connectivity index (χ1n) is 5.52. The Labute approximate surface area is 82.7 Å². The average Bonchev–Trinajstić information content (AvgIpc) is 2.13. The van der Waals surface area contributed by atoms with Crippen LogP contribution in [0.1, 0.15) is 34.1 Å². The maximum atomic E-state index is 3.53. The second kappa shape index (κ2) is 4.43. The van der Waals surface area contributed by atoms with Crippen molar-refractivity contribution in [3.63, 3.8) is 0 Å². The molecule has 1 atom stereocenters. The van der Waals surface area contributed by atoms with Gasteiger partial charge in [0.05, 0.1) is 0 Å². The van der Waals surface area contributed by atoms with Crippen LogP contribution in [-0.2, 0) is 0 Å². The van der Waals surface area contributed by atoms with Crippen molar-refractivity contribution >= 4 is 0 Å². The molecule has 0 aromatic heterocycles. The highest BCUT2D eigenvalue weighted by Crippen LogP contribution is 2.18. The number of nitrogens with zero attached hydrogens (tertiary/aromatic N) is 1. The van der Waals surface area contributed by atoms with Gasteiger partial charge in [0.2, 0.25) is 0 Å². The third kappa shape index (κ3) is 2.96. The summed E-state index contributed by atoms with van der Waals surface area (Å²) in [4.78, 5) is 2.62. The van der Waals surface area contributed by atoms with Crippen LogP contribution in [0.4, 0.5) is 0 Å². The van der Waals surface area contributed by atoms with Gasteiger partial charge in [0.1, 0.15) is 0 Å². The molecule has 0 spiro atoms. The maximum absolute atomic E-state index is 3.53. The molecular weight excluding hydrogens is 160 g/mol. The van der Waals surface area contributed by atoms with Gasteiger partial charge in [-0.1, -0.05) is 13.8 Å². The lowest BCUT2D eigenvalue weighted by Crippen LogP contribution is -2.49. The molecule has 0 amide bonds. The molecule has 0 bridgehead atoms. The van der Waals surface area contributed by atoms with E-state index in [1.807, 2.05) is 0 Å². The second-order valence-electron chi connectivity index (χ2n) is 4.99. The number of hydrogen-bond acceptors (Lipinski definition) is 2. The van der Waals surface area contributed by atoms with Crippen molar-refractivity contribution in [3.05, 3.63) is 0 Å². The fourth-order valence-electron chi connectivity index (χ4n) is 2.09. The average molecular weight is 184 g/mol. The first-order valence-corrected chi connectivity index (χ1v) is 5.52. The Kier molecular flexibility index (Phi) is 3.74. The summed E-state index contributed by atoms with van der Waals surface area (Å²) in [7, 11) is 0. The van der Waals surface area contributed by atoms with Gasteiger partial charge in [0.15, 0.2) is 0 Å². The summed E-state index contributed by atoms with van der Waals surface area (Å²) in [5.41, 5.74) is 0.334. The SMILES string of the molecule is CCCN1CC(C)CNCC1(C)C. The predicted molar refractivity (Wildman–Crippen MR) is 58.0 cm³/mol. The van der Waals surface area contributed by atoms with Crippen LogP contribution in [-0.4, -0.2) is 36.6 Å². The lowest BCUT2D eigenvalue weighted by molar-refractivity contribution is 0.122. The lowest BCUT2D eigenvalue weighted by atomic mass is 10.0. The molecule has 0 aliphatic carbocycles. The zero-order chi connectivity index (χ0) is 9.90. The summed E-state index contributed by atoms with van der Waals surface area (Å²) in [5.74, 6) is 0.785. The highest BCUT2D eigenvalue weighted by atomic mass is 15.2. The van der Waals surface area contributed by atoms with Crippen LogP contribution in [0.15, 0.2) is 0 Å². The summed E-state index contributed by atoms with van der Waals surface area (Å²) in [6.07, 6.45) is 1.26. The number of hydrogen-bond donors (Lipinski definition) is 1. The molecule has 1 unspecified atom stereocenters. The summed E-state index contributed by atoms with van der Waals surface area (Å²) in [5, 5.41) is 3.53. The molecule has 1 aliphatic heterocycles. The Balaban J connectivity index is 2.60. The number of nitrogens with one attached hydrogen (secondary N) is 1. The maximum Gasteiger partial charge on any atom is 0.0277 e. The molecule has 1 N–H and O–H groups in total. The van der Waals surface area contributed by atoms with Gasteiger partial charge in [0.25, 0.3) is 0 Å². The van der Waals surface area contributed by atoms with Crippen LogP contribution in [0.25, 0.3) is 0 Å². The molecular formula is C11H24N2. The standard InChI is InChI=1S/C11H24N2/c1-5-6-13-8-10(2)7-12-9-11(13,3)4/h10,12H,5-9H2,1-4H3. The molecule has 0 radical (unpaired) electrons. The highest BCUT2D eigenvalue weighted by molar-refractivity contribution is 4.87. The van der Waals surface area contributed by atoms with Gasteiger partial charge >= 0.3 is 0 Å². The minimum absolute atomic E-state index is 0.334. The Morgan fingerprint density at radius 1 is 1.46 bits per heavy atom. The molecule has 2 nitrogen and oxygen atoms in total. The largest absolute Gasteiger partial charge is 0.315 e. The molecule has 78 valence electrons. The van der Waals surface area contributed by atoms with Crippen LogP contribution in [0.2, 0.25) is 0 Å². The third-order valence-electron chi connectivity index (χ3n) is 2.93. The van der Waals surface area contributed by atoms with Gasteiger partial charge in [-0.25, -0.2) is 0 Å². The van der Waals surface area contributed by atoms with E-state index < -0.39 is 0 Å². The van der Waals surface area contributed by atoms with Crippen molar-refractivity contribution in [3.8, 4) is 0 Å². The van der Waals surface area contributed by atoms with Crippen molar-refractivity contribution < 1.29 is 0 Å². The van der Waals surface area contributed by atoms with E-state index in [0.29, 0.717) is 5.54 Å². The highest BCUT2D eigenvalue weighted by Gasteiger charge is 2.29. The van der Waals surface area contributed by atoms with Gasteiger partial charge in [-0.3, -0.25) is 4.90 Å². The molecule has 2 heteroatoms. The summed E-state index contributed by atoms with van der Waals surface area (Å²) < 4.78 is 0. The molecule has 1 fully saturated rings.